The SMILES string of the molecule is N#CC(/C=C1\C=C(O)C(=O)C([N+](=O)[O-])=C1)=C1C(Cl)=CN(O)C=C1Cl. The molecule has 0 spiro atoms. The predicted molar refractivity (Wildman–Crippen MR) is 83.0 cm³/mol. The fourth-order valence-corrected chi connectivity index (χ4v) is 2.59. The zero-order valence-corrected chi connectivity index (χ0v) is 13.1. The van der Waals surface area contributed by atoms with Gasteiger partial charge in [-0.05, 0) is 17.7 Å². The number of ketones is 1. The number of carbonyl (C=O) groups excluding carboxylic acids is 1. The van der Waals surface area contributed by atoms with Crippen molar-refractivity contribution in [2.75, 3.05) is 0 Å². The van der Waals surface area contributed by atoms with Crippen LogP contribution in [0.3, 0.4) is 0 Å². The first-order valence-corrected chi connectivity index (χ1v) is 6.90. The van der Waals surface area contributed by atoms with Gasteiger partial charge in [-0.2, -0.15) is 5.26 Å². The molecule has 2 N–H and O–H groups in total. The average molecular weight is 368 g/mol. The van der Waals surface area contributed by atoms with Crippen molar-refractivity contribution in [3.05, 3.63) is 79.0 Å². The molecular formula is C14H7Cl2N3O5. The van der Waals surface area contributed by atoms with Gasteiger partial charge in [-0.3, -0.25) is 20.1 Å². The summed E-state index contributed by atoms with van der Waals surface area (Å²) in [5.41, 5.74) is -0.808. The molecule has 0 amide bonds. The van der Waals surface area contributed by atoms with Gasteiger partial charge < -0.3 is 5.11 Å². The number of halogens is 2. The fourth-order valence-electron chi connectivity index (χ4n) is 1.94. The van der Waals surface area contributed by atoms with Crippen LogP contribution in [0.4, 0.5) is 0 Å². The van der Waals surface area contributed by atoms with E-state index in [0.717, 1.165) is 24.6 Å². The minimum atomic E-state index is -1.13. The maximum absolute atomic E-state index is 11.5. The van der Waals surface area contributed by atoms with Gasteiger partial charge in [0.05, 0.1) is 39.0 Å². The third-order valence-electron chi connectivity index (χ3n) is 2.94. The zero-order valence-electron chi connectivity index (χ0n) is 11.6. The number of carbonyl (C=O) groups is 1. The number of aliphatic hydroxyl groups excluding tert-OH is 1. The summed E-state index contributed by atoms with van der Waals surface area (Å²) in [5, 5.41) is 39.5. The molecule has 0 fully saturated rings. The normalized spacial score (nSPS) is 19.2. The molecule has 0 radical (unpaired) electrons. The average Bonchev–Trinajstić information content (AvgIpc) is 2.48. The van der Waals surface area contributed by atoms with E-state index in [0.29, 0.717) is 5.06 Å². The number of aliphatic hydroxyl groups is 1. The molecule has 1 aliphatic heterocycles. The van der Waals surface area contributed by atoms with Gasteiger partial charge in [-0.15, -0.1) is 0 Å². The van der Waals surface area contributed by atoms with Crippen LogP contribution in [-0.4, -0.2) is 26.1 Å². The van der Waals surface area contributed by atoms with Crippen molar-refractivity contribution >= 4 is 29.0 Å². The molecule has 0 aromatic carbocycles. The van der Waals surface area contributed by atoms with Crippen molar-refractivity contribution in [3.8, 4) is 6.07 Å². The van der Waals surface area contributed by atoms with E-state index < -0.39 is 22.2 Å². The summed E-state index contributed by atoms with van der Waals surface area (Å²) in [6.07, 6.45) is 5.24. The third kappa shape index (κ3) is 3.38. The number of hydrogen-bond donors (Lipinski definition) is 2. The fraction of sp³-hybridized carbons (Fsp3) is 0. The molecule has 0 bridgehead atoms. The van der Waals surface area contributed by atoms with Gasteiger partial charge >= 0.3 is 5.70 Å². The molecule has 8 nitrogen and oxygen atoms in total. The van der Waals surface area contributed by atoms with Gasteiger partial charge in [0.15, 0.2) is 5.76 Å². The van der Waals surface area contributed by atoms with Gasteiger partial charge in [0.1, 0.15) is 0 Å². The molecule has 2 aliphatic rings. The Hall–Kier alpha value is -2.86. The molecule has 0 unspecified atom stereocenters. The van der Waals surface area contributed by atoms with Gasteiger partial charge in [-0.25, -0.2) is 5.06 Å². The maximum atomic E-state index is 11.5. The quantitative estimate of drug-likeness (QED) is 0.436. The molecule has 1 aliphatic carbocycles. The van der Waals surface area contributed by atoms with E-state index in [1.807, 2.05) is 6.07 Å². The second kappa shape index (κ2) is 6.72. The van der Waals surface area contributed by atoms with E-state index in [4.69, 9.17) is 23.2 Å². The Labute approximate surface area is 144 Å². The lowest BCUT2D eigenvalue weighted by molar-refractivity contribution is -0.418. The number of Topliss-reactive ketones (excluding diaryl/α,β-unsaturated/α-hetero) is 1. The number of nitro groups is 1. The van der Waals surface area contributed by atoms with Crippen LogP contribution in [0.1, 0.15) is 0 Å². The molecule has 122 valence electrons. The van der Waals surface area contributed by atoms with Crippen molar-refractivity contribution in [2.45, 2.75) is 0 Å². The predicted octanol–water partition coefficient (Wildman–Crippen LogP) is 2.78. The highest BCUT2D eigenvalue weighted by molar-refractivity contribution is 6.38. The minimum absolute atomic E-state index is 0.0308. The number of nitriles is 1. The van der Waals surface area contributed by atoms with Crippen LogP contribution in [0.25, 0.3) is 0 Å². The van der Waals surface area contributed by atoms with E-state index in [2.05, 4.69) is 0 Å². The second-order valence-corrected chi connectivity index (χ2v) is 5.34. The Morgan fingerprint density at radius 1 is 1.33 bits per heavy atom. The van der Waals surface area contributed by atoms with Crippen LogP contribution in [0.15, 0.2) is 68.9 Å². The number of rotatable bonds is 2. The molecule has 1 heterocycles. The Balaban J connectivity index is 2.60. The first-order valence-electron chi connectivity index (χ1n) is 6.14. The lowest BCUT2D eigenvalue weighted by Crippen LogP contribution is -2.17. The van der Waals surface area contributed by atoms with Crippen LogP contribution in [-0.2, 0) is 4.79 Å². The Kier molecular flexibility index (Phi) is 4.90. The smallest absolute Gasteiger partial charge is 0.320 e. The number of allylic oxidation sites excluding steroid dienone is 8. The summed E-state index contributed by atoms with van der Waals surface area (Å²) in [4.78, 5) is 21.4. The topological polar surface area (TPSA) is 128 Å². The van der Waals surface area contributed by atoms with Gasteiger partial charge in [-0.1, -0.05) is 23.2 Å². The Morgan fingerprint density at radius 2 is 1.92 bits per heavy atom. The van der Waals surface area contributed by atoms with E-state index in [-0.39, 0.29) is 26.8 Å². The van der Waals surface area contributed by atoms with E-state index in [9.17, 15) is 30.5 Å². The number of hydrogen-bond acceptors (Lipinski definition) is 7. The van der Waals surface area contributed by atoms with Gasteiger partial charge in [0.2, 0.25) is 0 Å². The molecule has 0 aromatic heterocycles. The lowest BCUT2D eigenvalue weighted by Gasteiger charge is -2.17. The van der Waals surface area contributed by atoms with E-state index >= 15 is 0 Å². The Bertz CT molecular complexity index is 849. The lowest BCUT2D eigenvalue weighted by atomic mass is 9.99. The van der Waals surface area contributed by atoms with Crippen LogP contribution >= 0.6 is 23.2 Å². The van der Waals surface area contributed by atoms with Gasteiger partial charge in [0.25, 0.3) is 5.78 Å². The van der Waals surface area contributed by atoms with E-state index in [1.54, 1.807) is 0 Å². The molecule has 0 atom stereocenters. The maximum Gasteiger partial charge on any atom is 0.320 e. The van der Waals surface area contributed by atoms with Crippen LogP contribution in [0.2, 0.25) is 0 Å². The van der Waals surface area contributed by atoms with Crippen molar-refractivity contribution in [1.29, 1.82) is 5.26 Å². The molecule has 0 saturated heterocycles. The summed E-state index contributed by atoms with van der Waals surface area (Å²) < 4.78 is 0. The standard InChI is InChI=1S/C14H7Cl2N3O5/c15-9-5-18(22)6-10(16)13(9)8(4-17)1-7-2-11(19(23)24)14(21)12(20)3-7/h1-3,5-6,20,22H/b7-1-. The molecule has 24 heavy (non-hydrogen) atoms. The van der Waals surface area contributed by atoms with Crippen molar-refractivity contribution in [2.24, 2.45) is 0 Å². The highest BCUT2D eigenvalue weighted by Crippen LogP contribution is 2.34. The van der Waals surface area contributed by atoms with Crippen molar-refractivity contribution in [1.82, 2.24) is 5.06 Å². The summed E-state index contributed by atoms with van der Waals surface area (Å²) in [6, 6.07) is 1.82. The summed E-state index contributed by atoms with van der Waals surface area (Å²) in [5.74, 6) is -1.96. The molecule has 0 saturated carbocycles. The van der Waals surface area contributed by atoms with Crippen LogP contribution < -0.4 is 0 Å². The van der Waals surface area contributed by atoms with Crippen molar-refractivity contribution < 1.29 is 20.0 Å². The summed E-state index contributed by atoms with van der Waals surface area (Å²) >= 11 is 11.9. The van der Waals surface area contributed by atoms with E-state index in [1.165, 1.54) is 6.08 Å². The molecule has 10 heteroatoms. The second-order valence-electron chi connectivity index (χ2n) is 4.52. The van der Waals surface area contributed by atoms with Crippen LogP contribution in [0, 0.1) is 21.4 Å². The Morgan fingerprint density at radius 3 is 2.42 bits per heavy atom. The first-order chi connectivity index (χ1) is 11.2. The minimum Gasteiger partial charge on any atom is -0.504 e. The highest BCUT2D eigenvalue weighted by atomic mass is 35.5. The summed E-state index contributed by atoms with van der Waals surface area (Å²) in [7, 11) is 0. The van der Waals surface area contributed by atoms with Crippen LogP contribution in [0.5, 0.6) is 0 Å². The molecule has 0 aromatic rings. The first kappa shape index (κ1) is 17.5. The third-order valence-corrected chi connectivity index (χ3v) is 3.51. The summed E-state index contributed by atoms with van der Waals surface area (Å²) in [6.45, 7) is 0. The molecular weight excluding hydrogens is 361 g/mol. The van der Waals surface area contributed by atoms with Crippen molar-refractivity contribution in [3.63, 3.8) is 0 Å². The number of hydroxylamine groups is 2. The highest BCUT2D eigenvalue weighted by Gasteiger charge is 2.29. The molecule has 2 rings (SSSR count). The zero-order chi connectivity index (χ0) is 18.0. The largest absolute Gasteiger partial charge is 0.504 e. The monoisotopic (exact) mass is 367 g/mol. The number of nitrogens with zero attached hydrogens (tertiary/aromatic N) is 3. The van der Waals surface area contributed by atoms with Gasteiger partial charge in [0, 0.05) is 11.6 Å².